The molecule has 0 saturated heterocycles. The highest BCUT2D eigenvalue weighted by molar-refractivity contribution is 6.31. The van der Waals surface area contributed by atoms with Crippen LogP contribution in [0.4, 0.5) is 15.4 Å². The number of urea groups is 1. The number of nitrogens with zero attached hydrogens (tertiary/aromatic N) is 3. The number of anilines is 1. The Morgan fingerprint density at radius 2 is 1.83 bits per heavy atom. The summed E-state index contributed by atoms with van der Waals surface area (Å²) in [5.74, 6) is 0.291. The van der Waals surface area contributed by atoms with Gasteiger partial charge in [0, 0.05) is 18.6 Å². The van der Waals surface area contributed by atoms with Crippen LogP contribution in [0.1, 0.15) is 5.56 Å². The number of aromatic nitrogens is 2. The Labute approximate surface area is 172 Å². The molecule has 0 saturated carbocycles. The van der Waals surface area contributed by atoms with Crippen molar-refractivity contribution in [3.63, 3.8) is 0 Å². The topological polar surface area (TPSA) is 96.4 Å². The molecular weight excluding hydrogens is 394 g/mol. The molecule has 2 aromatic carbocycles. The molecule has 0 aliphatic rings. The van der Waals surface area contributed by atoms with Crippen molar-refractivity contribution in [2.45, 2.75) is 6.54 Å². The summed E-state index contributed by atoms with van der Waals surface area (Å²) in [6.07, 6.45) is 0.789. The first-order valence-corrected chi connectivity index (χ1v) is 9.28. The second-order valence-corrected chi connectivity index (χ2v) is 6.58. The molecule has 29 heavy (non-hydrogen) atoms. The zero-order valence-electron chi connectivity index (χ0n) is 15.8. The lowest BCUT2D eigenvalue weighted by Crippen LogP contribution is -2.39. The second-order valence-electron chi connectivity index (χ2n) is 6.18. The first-order valence-electron chi connectivity index (χ1n) is 8.91. The van der Waals surface area contributed by atoms with Crippen LogP contribution in [0.3, 0.4) is 0 Å². The lowest BCUT2D eigenvalue weighted by Gasteiger charge is -2.18. The number of halogens is 1. The van der Waals surface area contributed by atoms with Crippen LogP contribution in [-0.4, -0.2) is 47.2 Å². The molecule has 0 fully saturated rings. The van der Waals surface area contributed by atoms with E-state index in [-0.39, 0.29) is 19.2 Å². The number of fused-ring (bicyclic) bond motifs is 1. The number of amides is 3. The van der Waals surface area contributed by atoms with Crippen molar-refractivity contribution in [3.8, 4) is 0 Å². The third-order valence-electron chi connectivity index (χ3n) is 4.07. The minimum atomic E-state index is -0.667. The summed E-state index contributed by atoms with van der Waals surface area (Å²) in [6, 6.07) is 14.3. The van der Waals surface area contributed by atoms with Gasteiger partial charge in [-0.25, -0.2) is 14.6 Å². The van der Waals surface area contributed by atoms with E-state index in [1.807, 2.05) is 36.4 Å². The lowest BCUT2D eigenvalue weighted by atomic mass is 10.2. The summed E-state index contributed by atoms with van der Waals surface area (Å²) >= 11 is 6.07. The van der Waals surface area contributed by atoms with Gasteiger partial charge in [0.25, 0.3) is 0 Å². The maximum absolute atomic E-state index is 12.1. The Balaban J connectivity index is 1.40. The van der Waals surface area contributed by atoms with E-state index in [1.54, 1.807) is 19.2 Å². The highest BCUT2D eigenvalue weighted by Crippen LogP contribution is 2.14. The monoisotopic (exact) mass is 413 g/mol. The van der Waals surface area contributed by atoms with Crippen molar-refractivity contribution in [3.05, 3.63) is 65.3 Å². The van der Waals surface area contributed by atoms with Crippen LogP contribution in [0.2, 0.25) is 5.02 Å². The van der Waals surface area contributed by atoms with Gasteiger partial charge < -0.3 is 15.0 Å². The number of hydrogen-bond acceptors (Lipinski definition) is 5. The Morgan fingerprint density at radius 3 is 2.62 bits per heavy atom. The van der Waals surface area contributed by atoms with E-state index in [9.17, 15) is 9.59 Å². The number of hydrogen-bond donors (Lipinski definition) is 2. The minimum Gasteiger partial charge on any atom is -0.447 e. The summed E-state index contributed by atoms with van der Waals surface area (Å²) in [5.41, 5.74) is 2.22. The van der Waals surface area contributed by atoms with Gasteiger partial charge in [-0.15, -0.1) is 0 Å². The zero-order chi connectivity index (χ0) is 20.6. The molecule has 0 unspecified atom stereocenters. The lowest BCUT2D eigenvalue weighted by molar-refractivity contribution is 0.146. The van der Waals surface area contributed by atoms with E-state index >= 15 is 0 Å². The number of nitrogens with one attached hydrogen (secondary N) is 2. The van der Waals surface area contributed by atoms with Crippen molar-refractivity contribution < 1.29 is 14.3 Å². The maximum atomic E-state index is 12.1. The largest absolute Gasteiger partial charge is 0.447 e. The van der Waals surface area contributed by atoms with Crippen LogP contribution in [0.15, 0.2) is 54.7 Å². The number of benzene rings is 2. The summed E-state index contributed by atoms with van der Waals surface area (Å²) in [5, 5.41) is 5.87. The Kier molecular flexibility index (Phi) is 6.80. The third-order valence-corrected chi connectivity index (χ3v) is 4.44. The fourth-order valence-electron chi connectivity index (χ4n) is 2.48. The number of ether oxygens (including phenoxy) is 1. The smallest absolute Gasteiger partial charge is 0.412 e. The van der Waals surface area contributed by atoms with Gasteiger partial charge in [0.05, 0.1) is 23.8 Å². The molecule has 150 valence electrons. The molecular formula is C20H20ClN5O3. The quantitative estimate of drug-likeness (QED) is 0.642. The van der Waals surface area contributed by atoms with Crippen molar-refractivity contribution in [1.82, 2.24) is 20.2 Å². The first-order chi connectivity index (χ1) is 14.0. The van der Waals surface area contributed by atoms with Gasteiger partial charge in [0.15, 0.2) is 5.82 Å². The number of rotatable bonds is 6. The summed E-state index contributed by atoms with van der Waals surface area (Å²) in [7, 11) is 1.61. The van der Waals surface area contributed by atoms with Crippen LogP contribution >= 0.6 is 11.6 Å². The molecule has 0 atom stereocenters. The average Bonchev–Trinajstić information content (AvgIpc) is 2.72. The molecule has 8 nitrogen and oxygen atoms in total. The standard InChI is InChI=1S/C20H20ClN5O3/c1-26(19(27)23-12-14-6-2-3-7-15(14)21)10-11-29-20(28)25-18-13-22-16-8-4-5-9-17(16)24-18/h2-9,13H,10-12H2,1H3,(H,23,27)(H,24,25,28). The first kappa shape index (κ1) is 20.3. The van der Waals surface area contributed by atoms with Crippen LogP contribution in [0.5, 0.6) is 0 Å². The van der Waals surface area contributed by atoms with Gasteiger partial charge in [-0.1, -0.05) is 41.9 Å². The predicted molar refractivity (Wildman–Crippen MR) is 111 cm³/mol. The summed E-state index contributed by atoms with van der Waals surface area (Å²) in [6.45, 7) is 0.568. The van der Waals surface area contributed by atoms with E-state index in [0.29, 0.717) is 22.9 Å². The van der Waals surface area contributed by atoms with E-state index < -0.39 is 6.09 Å². The van der Waals surface area contributed by atoms with Crippen molar-refractivity contribution in [2.24, 2.45) is 0 Å². The number of carbonyl (C=O) groups is 2. The molecule has 1 aromatic heterocycles. The third kappa shape index (κ3) is 5.79. The van der Waals surface area contributed by atoms with Crippen LogP contribution in [-0.2, 0) is 11.3 Å². The molecule has 3 aromatic rings. The molecule has 0 bridgehead atoms. The number of para-hydroxylation sites is 2. The fraction of sp³-hybridized carbons (Fsp3) is 0.200. The van der Waals surface area contributed by atoms with Crippen molar-refractivity contribution >= 4 is 40.6 Å². The molecule has 3 rings (SSSR count). The fourth-order valence-corrected chi connectivity index (χ4v) is 2.68. The summed E-state index contributed by atoms with van der Waals surface area (Å²) < 4.78 is 5.10. The van der Waals surface area contributed by atoms with Gasteiger partial charge in [-0.2, -0.15) is 0 Å². The van der Waals surface area contributed by atoms with E-state index in [0.717, 1.165) is 11.1 Å². The Hall–Kier alpha value is -3.39. The normalized spacial score (nSPS) is 10.4. The highest BCUT2D eigenvalue weighted by Gasteiger charge is 2.11. The molecule has 0 aliphatic carbocycles. The maximum Gasteiger partial charge on any atom is 0.412 e. The second kappa shape index (κ2) is 9.70. The van der Waals surface area contributed by atoms with E-state index in [2.05, 4.69) is 20.6 Å². The van der Waals surface area contributed by atoms with Crippen molar-refractivity contribution in [1.29, 1.82) is 0 Å². The van der Waals surface area contributed by atoms with Gasteiger partial charge in [-0.3, -0.25) is 10.3 Å². The van der Waals surface area contributed by atoms with Crippen LogP contribution in [0.25, 0.3) is 11.0 Å². The number of carbonyl (C=O) groups excluding carboxylic acids is 2. The number of likely N-dealkylation sites (N-methyl/N-ethyl adjacent to an activating group) is 1. The van der Waals surface area contributed by atoms with Crippen molar-refractivity contribution in [2.75, 3.05) is 25.5 Å². The Morgan fingerprint density at radius 1 is 1.10 bits per heavy atom. The predicted octanol–water partition coefficient (Wildman–Crippen LogP) is 3.67. The van der Waals surface area contributed by atoms with Gasteiger partial charge >= 0.3 is 12.1 Å². The highest BCUT2D eigenvalue weighted by atomic mass is 35.5. The molecule has 0 spiro atoms. The zero-order valence-corrected chi connectivity index (χ0v) is 16.5. The molecule has 0 aliphatic heterocycles. The van der Waals surface area contributed by atoms with Gasteiger partial charge in [0.2, 0.25) is 0 Å². The van der Waals surface area contributed by atoms with Gasteiger partial charge in [-0.05, 0) is 23.8 Å². The molecule has 1 heterocycles. The summed E-state index contributed by atoms with van der Waals surface area (Å²) in [4.78, 5) is 33.9. The van der Waals surface area contributed by atoms with Gasteiger partial charge in [0.1, 0.15) is 6.61 Å². The van der Waals surface area contributed by atoms with Crippen LogP contribution in [0, 0.1) is 0 Å². The van der Waals surface area contributed by atoms with Crippen LogP contribution < -0.4 is 10.6 Å². The van der Waals surface area contributed by atoms with E-state index in [4.69, 9.17) is 16.3 Å². The minimum absolute atomic E-state index is 0.0306. The molecule has 9 heteroatoms. The Bertz CT molecular complexity index is 1010. The molecule has 0 radical (unpaired) electrons. The molecule has 3 amide bonds. The SMILES string of the molecule is CN(CCOC(=O)Nc1cnc2ccccc2n1)C(=O)NCc1ccccc1Cl. The average molecular weight is 414 g/mol. The van der Waals surface area contributed by atoms with E-state index in [1.165, 1.54) is 11.1 Å². The molecule has 2 N–H and O–H groups in total.